The molecular formula is C14H27N3O4. The zero-order valence-electron chi connectivity index (χ0n) is 13.0. The van der Waals surface area contributed by atoms with Crippen molar-refractivity contribution in [2.45, 2.75) is 20.3 Å². The first kappa shape index (κ1) is 17.7. The number of hydrogen-bond donors (Lipinski definition) is 2. The van der Waals surface area contributed by atoms with Gasteiger partial charge < -0.3 is 20.1 Å². The number of carboxylic acid groups (broad SMARTS) is 1. The van der Waals surface area contributed by atoms with Gasteiger partial charge in [0.25, 0.3) is 0 Å². The number of carbonyl (C=O) groups excluding carboxylic acids is 1. The Morgan fingerprint density at radius 1 is 1.24 bits per heavy atom. The summed E-state index contributed by atoms with van der Waals surface area (Å²) in [7, 11) is 0. The molecule has 0 atom stereocenters. The summed E-state index contributed by atoms with van der Waals surface area (Å²) in [4.78, 5) is 26.1. The van der Waals surface area contributed by atoms with Crippen molar-refractivity contribution < 1.29 is 19.4 Å². The van der Waals surface area contributed by atoms with Crippen LogP contribution in [0.15, 0.2) is 0 Å². The first-order valence-corrected chi connectivity index (χ1v) is 7.53. The Morgan fingerprint density at radius 2 is 1.90 bits per heavy atom. The third-order valence-corrected chi connectivity index (χ3v) is 3.21. The third-order valence-electron chi connectivity index (χ3n) is 3.21. The zero-order chi connectivity index (χ0) is 15.7. The Balaban J connectivity index is 2.07. The molecule has 21 heavy (non-hydrogen) atoms. The number of aliphatic carboxylic acids is 1. The predicted octanol–water partition coefficient (Wildman–Crippen LogP) is 0.461. The van der Waals surface area contributed by atoms with Crippen LogP contribution in [0.25, 0.3) is 0 Å². The second-order valence-electron chi connectivity index (χ2n) is 5.71. The van der Waals surface area contributed by atoms with E-state index in [2.05, 4.69) is 19.2 Å². The number of nitrogens with zero attached hydrogens (tertiary/aromatic N) is 2. The van der Waals surface area contributed by atoms with Crippen LogP contribution in [-0.2, 0) is 9.53 Å². The first-order valence-electron chi connectivity index (χ1n) is 7.53. The number of carbonyl (C=O) groups is 2. The van der Waals surface area contributed by atoms with Crippen LogP contribution in [0, 0.1) is 5.92 Å². The van der Waals surface area contributed by atoms with Crippen LogP contribution in [0.3, 0.4) is 0 Å². The molecule has 1 fully saturated rings. The Bertz CT molecular complexity index is 328. The van der Waals surface area contributed by atoms with E-state index < -0.39 is 5.97 Å². The van der Waals surface area contributed by atoms with E-state index in [-0.39, 0.29) is 12.6 Å². The van der Waals surface area contributed by atoms with E-state index in [0.29, 0.717) is 45.2 Å². The maximum atomic E-state index is 11.9. The summed E-state index contributed by atoms with van der Waals surface area (Å²) < 4.78 is 5.45. The molecular weight excluding hydrogens is 274 g/mol. The summed E-state index contributed by atoms with van der Waals surface area (Å²) in [5.41, 5.74) is 0. The van der Waals surface area contributed by atoms with Crippen molar-refractivity contribution >= 4 is 12.0 Å². The van der Waals surface area contributed by atoms with Crippen molar-refractivity contribution in [3.05, 3.63) is 0 Å². The minimum absolute atomic E-state index is 0.0443. The fraction of sp³-hybridized carbons (Fsp3) is 0.857. The van der Waals surface area contributed by atoms with Gasteiger partial charge in [-0.1, -0.05) is 13.8 Å². The molecule has 0 aliphatic carbocycles. The second kappa shape index (κ2) is 9.57. The van der Waals surface area contributed by atoms with Crippen molar-refractivity contribution in [1.82, 2.24) is 15.1 Å². The molecule has 7 heteroatoms. The Hall–Kier alpha value is -1.34. The van der Waals surface area contributed by atoms with Gasteiger partial charge in [-0.25, -0.2) is 4.79 Å². The van der Waals surface area contributed by atoms with Crippen molar-refractivity contribution in [2.75, 3.05) is 52.5 Å². The molecule has 1 rings (SSSR count). The summed E-state index contributed by atoms with van der Waals surface area (Å²) in [6.07, 6.45) is 0.803. The van der Waals surface area contributed by atoms with E-state index in [1.807, 2.05) is 4.90 Å². The molecule has 1 aliphatic heterocycles. The van der Waals surface area contributed by atoms with Crippen LogP contribution in [-0.4, -0.2) is 79.4 Å². The van der Waals surface area contributed by atoms with Gasteiger partial charge in [-0.2, -0.15) is 0 Å². The highest BCUT2D eigenvalue weighted by Crippen LogP contribution is 2.01. The van der Waals surface area contributed by atoms with Gasteiger partial charge in [0.1, 0.15) is 0 Å². The van der Waals surface area contributed by atoms with E-state index in [1.54, 1.807) is 4.90 Å². The van der Waals surface area contributed by atoms with Crippen LogP contribution in [0.4, 0.5) is 4.79 Å². The first-order chi connectivity index (χ1) is 9.99. The molecule has 0 unspecified atom stereocenters. The molecule has 0 radical (unpaired) electrons. The summed E-state index contributed by atoms with van der Waals surface area (Å²) in [6, 6.07) is -0.0752. The predicted molar refractivity (Wildman–Crippen MR) is 79.3 cm³/mol. The van der Waals surface area contributed by atoms with Crippen LogP contribution in [0.2, 0.25) is 0 Å². The van der Waals surface area contributed by atoms with Crippen molar-refractivity contribution in [1.29, 1.82) is 0 Å². The highest BCUT2D eigenvalue weighted by Gasteiger charge is 2.21. The standard InChI is InChI=1S/C14H27N3O4/c1-12(2)11-21-9-3-4-15-14(20)17-7-5-16(6-8-17)10-13(18)19/h12H,3-11H2,1-2H3,(H,15,20)(H,18,19). The molecule has 0 bridgehead atoms. The van der Waals surface area contributed by atoms with Crippen LogP contribution < -0.4 is 5.32 Å². The van der Waals surface area contributed by atoms with E-state index in [9.17, 15) is 9.59 Å². The highest BCUT2D eigenvalue weighted by atomic mass is 16.5. The Labute approximate surface area is 126 Å². The largest absolute Gasteiger partial charge is 0.480 e. The number of urea groups is 1. The molecule has 1 heterocycles. The van der Waals surface area contributed by atoms with Gasteiger partial charge >= 0.3 is 12.0 Å². The van der Waals surface area contributed by atoms with E-state index in [4.69, 9.17) is 9.84 Å². The maximum Gasteiger partial charge on any atom is 0.317 e. The van der Waals surface area contributed by atoms with Crippen LogP contribution >= 0.6 is 0 Å². The lowest BCUT2D eigenvalue weighted by molar-refractivity contribution is -0.138. The average molecular weight is 301 g/mol. The van der Waals surface area contributed by atoms with Crippen LogP contribution in [0.5, 0.6) is 0 Å². The van der Waals surface area contributed by atoms with Gasteiger partial charge in [0, 0.05) is 45.9 Å². The minimum atomic E-state index is -0.825. The number of ether oxygens (including phenoxy) is 1. The lowest BCUT2D eigenvalue weighted by Gasteiger charge is -2.33. The highest BCUT2D eigenvalue weighted by molar-refractivity contribution is 5.74. The molecule has 2 amide bonds. The number of nitrogens with one attached hydrogen (secondary N) is 1. The number of amides is 2. The van der Waals surface area contributed by atoms with Gasteiger partial charge in [-0.3, -0.25) is 9.69 Å². The van der Waals surface area contributed by atoms with Gasteiger partial charge in [0.2, 0.25) is 0 Å². The van der Waals surface area contributed by atoms with Crippen molar-refractivity contribution in [3.8, 4) is 0 Å². The average Bonchev–Trinajstić information content (AvgIpc) is 2.42. The fourth-order valence-corrected chi connectivity index (χ4v) is 2.10. The number of piperazine rings is 1. The monoisotopic (exact) mass is 301 g/mol. The lowest BCUT2D eigenvalue weighted by Crippen LogP contribution is -2.52. The molecule has 0 spiro atoms. The molecule has 0 aromatic rings. The van der Waals surface area contributed by atoms with Gasteiger partial charge in [0.15, 0.2) is 0 Å². The quantitative estimate of drug-likeness (QED) is 0.637. The molecule has 2 N–H and O–H groups in total. The van der Waals surface area contributed by atoms with E-state index in [1.165, 1.54) is 0 Å². The number of carboxylic acids is 1. The molecule has 122 valence electrons. The van der Waals surface area contributed by atoms with Crippen LogP contribution in [0.1, 0.15) is 20.3 Å². The normalized spacial score (nSPS) is 16.2. The Kier molecular flexibility index (Phi) is 8.07. The molecule has 0 aromatic carbocycles. The number of hydrogen-bond acceptors (Lipinski definition) is 4. The molecule has 1 saturated heterocycles. The Morgan fingerprint density at radius 3 is 2.48 bits per heavy atom. The summed E-state index contributed by atoms with van der Waals surface area (Å²) in [5.74, 6) is -0.295. The van der Waals surface area contributed by atoms with Gasteiger partial charge in [0.05, 0.1) is 6.54 Å². The third kappa shape index (κ3) is 7.87. The molecule has 0 saturated carbocycles. The molecule has 1 aliphatic rings. The van der Waals surface area contributed by atoms with Crippen molar-refractivity contribution in [2.24, 2.45) is 5.92 Å². The van der Waals surface area contributed by atoms with E-state index >= 15 is 0 Å². The zero-order valence-corrected chi connectivity index (χ0v) is 13.0. The number of rotatable bonds is 8. The fourth-order valence-electron chi connectivity index (χ4n) is 2.10. The van der Waals surface area contributed by atoms with E-state index in [0.717, 1.165) is 13.0 Å². The summed E-state index contributed by atoms with van der Waals surface area (Å²) >= 11 is 0. The molecule has 7 nitrogen and oxygen atoms in total. The topological polar surface area (TPSA) is 82.1 Å². The second-order valence-corrected chi connectivity index (χ2v) is 5.71. The van der Waals surface area contributed by atoms with Gasteiger partial charge in [-0.15, -0.1) is 0 Å². The maximum absolute atomic E-state index is 11.9. The SMILES string of the molecule is CC(C)COCCCNC(=O)N1CCN(CC(=O)O)CC1. The smallest absolute Gasteiger partial charge is 0.317 e. The minimum Gasteiger partial charge on any atom is -0.480 e. The van der Waals surface area contributed by atoms with Gasteiger partial charge in [-0.05, 0) is 12.3 Å². The van der Waals surface area contributed by atoms with Crippen molar-refractivity contribution in [3.63, 3.8) is 0 Å². The summed E-state index contributed by atoms with van der Waals surface area (Å²) in [5, 5.41) is 11.6. The molecule has 0 aromatic heterocycles. The lowest BCUT2D eigenvalue weighted by atomic mass is 10.2. The summed E-state index contributed by atoms with van der Waals surface area (Å²) in [6.45, 7) is 8.62.